The standard InChI is InChI=1S/C27H35N5O4/c1-19-6-7-21-22(32(19)27(34)35)8-9-23-26(21)28-24(10-14-30-13-4-3-5-25(30)33)31(23)16-15-29(2)20-11-17-36-18-12-20/h3-5,8-9,13,19-20H,6-7,10-12,14-18H2,1-2H3,(H,34,35)/t19-/m0/s1. The average Bonchev–Trinajstić information content (AvgIpc) is 3.24. The number of hydrogen-bond donors (Lipinski definition) is 1. The Morgan fingerprint density at radius 1 is 1.17 bits per heavy atom. The van der Waals surface area contributed by atoms with Gasteiger partial charge < -0.3 is 23.9 Å². The van der Waals surface area contributed by atoms with Gasteiger partial charge >= 0.3 is 6.09 Å². The van der Waals surface area contributed by atoms with E-state index in [1.165, 1.54) is 4.90 Å². The van der Waals surface area contributed by atoms with Crippen LogP contribution in [0.15, 0.2) is 41.3 Å². The number of aryl methyl sites for hydroxylation is 3. The fourth-order valence-corrected chi connectivity index (χ4v) is 5.64. The highest BCUT2D eigenvalue weighted by Gasteiger charge is 2.30. The predicted molar refractivity (Wildman–Crippen MR) is 139 cm³/mol. The molecule has 0 radical (unpaired) electrons. The molecule has 2 aromatic heterocycles. The van der Waals surface area contributed by atoms with Crippen LogP contribution in [0.3, 0.4) is 0 Å². The highest BCUT2D eigenvalue weighted by molar-refractivity contribution is 5.94. The molecule has 1 atom stereocenters. The van der Waals surface area contributed by atoms with Gasteiger partial charge in [-0.15, -0.1) is 0 Å². The van der Waals surface area contributed by atoms with E-state index in [0.717, 1.165) is 80.1 Å². The zero-order chi connectivity index (χ0) is 25.2. The van der Waals surface area contributed by atoms with Crippen LogP contribution in [0.2, 0.25) is 0 Å². The lowest BCUT2D eigenvalue weighted by molar-refractivity contribution is 0.0421. The maximum absolute atomic E-state index is 12.3. The molecule has 5 rings (SSSR count). The summed E-state index contributed by atoms with van der Waals surface area (Å²) in [6, 6.07) is 9.59. The topological polar surface area (TPSA) is 92.8 Å². The van der Waals surface area contributed by atoms with Crippen molar-refractivity contribution in [3.8, 4) is 0 Å². The number of fused-ring (bicyclic) bond motifs is 3. The van der Waals surface area contributed by atoms with Gasteiger partial charge in [-0.2, -0.15) is 0 Å². The summed E-state index contributed by atoms with van der Waals surface area (Å²) in [6.07, 6.45) is 5.16. The summed E-state index contributed by atoms with van der Waals surface area (Å²) in [5.41, 5.74) is 3.63. The number of pyridine rings is 1. The molecule has 0 saturated carbocycles. The van der Waals surface area contributed by atoms with Crippen molar-refractivity contribution < 1.29 is 14.6 Å². The lowest BCUT2D eigenvalue weighted by atomic mass is 9.96. The maximum atomic E-state index is 12.3. The first-order chi connectivity index (χ1) is 17.4. The molecule has 0 spiro atoms. The number of rotatable bonds is 7. The third-order valence-electron chi connectivity index (χ3n) is 7.76. The van der Waals surface area contributed by atoms with E-state index in [4.69, 9.17) is 9.72 Å². The van der Waals surface area contributed by atoms with Crippen LogP contribution in [0.1, 0.15) is 37.6 Å². The minimum Gasteiger partial charge on any atom is -0.465 e. The number of hydrogen-bond acceptors (Lipinski definition) is 5. The lowest BCUT2D eigenvalue weighted by Crippen LogP contribution is -2.41. The van der Waals surface area contributed by atoms with Crippen molar-refractivity contribution in [2.75, 3.05) is 31.7 Å². The number of imidazole rings is 1. The summed E-state index contributed by atoms with van der Waals surface area (Å²) in [6.45, 7) is 5.77. The minimum atomic E-state index is -0.927. The first-order valence-corrected chi connectivity index (χ1v) is 12.9. The fraction of sp³-hybridized carbons (Fsp3) is 0.519. The van der Waals surface area contributed by atoms with E-state index in [-0.39, 0.29) is 11.6 Å². The smallest absolute Gasteiger partial charge is 0.412 e. The summed E-state index contributed by atoms with van der Waals surface area (Å²) >= 11 is 0. The summed E-state index contributed by atoms with van der Waals surface area (Å²) in [5, 5.41) is 9.85. The van der Waals surface area contributed by atoms with Gasteiger partial charge in [-0.3, -0.25) is 9.69 Å². The predicted octanol–water partition coefficient (Wildman–Crippen LogP) is 3.37. The SMILES string of the molecule is C[C@H]1CCc2c(ccc3c2nc(CCn2ccccc2=O)n3CCN(C)C2CCOCC2)N1C(=O)O. The first kappa shape index (κ1) is 24.5. The number of likely N-dealkylation sites (N-methyl/N-ethyl adjacent to an activating group) is 1. The molecule has 1 aromatic carbocycles. The quantitative estimate of drug-likeness (QED) is 0.543. The molecule has 0 bridgehead atoms. The fourth-order valence-electron chi connectivity index (χ4n) is 5.64. The molecule has 1 saturated heterocycles. The van der Waals surface area contributed by atoms with E-state index < -0.39 is 6.09 Å². The zero-order valence-corrected chi connectivity index (χ0v) is 21.1. The van der Waals surface area contributed by atoms with Gasteiger partial charge in [0, 0.05) is 69.2 Å². The van der Waals surface area contributed by atoms with Crippen LogP contribution >= 0.6 is 0 Å². The third kappa shape index (κ3) is 4.77. The minimum absolute atomic E-state index is 0.0251. The first-order valence-electron chi connectivity index (χ1n) is 12.9. The Morgan fingerprint density at radius 3 is 2.72 bits per heavy atom. The van der Waals surface area contributed by atoms with Gasteiger partial charge in [0.05, 0.1) is 16.7 Å². The second kappa shape index (κ2) is 10.4. The van der Waals surface area contributed by atoms with Crippen molar-refractivity contribution in [3.05, 3.63) is 58.3 Å². The average molecular weight is 494 g/mol. The molecule has 36 heavy (non-hydrogen) atoms. The van der Waals surface area contributed by atoms with Crippen LogP contribution in [0.4, 0.5) is 10.5 Å². The third-order valence-corrected chi connectivity index (χ3v) is 7.76. The normalized spacial score (nSPS) is 18.6. The summed E-state index contributed by atoms with van der Waals surface area (Å²) < 4.78 is 9.51. The van der Waals surface area contributed by atoms with E-state index in [1.807, 2.05) is 31.3 Å². The Bertz CT molecular complexity index is 1290. The van der Waals surface area contributed by atoms with Crippen LogP contribution in [0.25, 0.3) is 11.0 Å². The van der Waals surface area contributed by atoms with Crippen molar-refractivity contribution >= 4 is 22.8 Å². The molecule has 1 fully saturated rings. The van der Waals surface area contributed by atoms with Gasteiger partial charge in [-0.25, -0.2) is 9.78 Å². The Labute approximate surface area is 210 Å². The summed E-state index contributed by atoms with van der Waals surface area (Å²) in [5.74, 6) is 0.926. The van der Waals surface area contributed by atoms with Crippen LogP contribution in [0, 0.1) is 0 Å². The Morgan fingerprint density at radius 2 is 1.97 bits per heavy atom. The maximum Gasteiger partial charge on any atom is 0.412 e. The molecule has 9 heteroatoms. The van der Waals surface area contributed by atoms with Crippen LogP contribution in [-0.4, -0.2) is 69.1 Å². The largest absolute Gasteiger partial charge is 0.465 e. The van der Waals surface area contributed by atoms with Crippen LogP contribution in [-0.2, 0) is 30.7 Å². The van der Waals surface area contributed by atoms with E-state index in [1.54, 1.807) is 16.7 Å². The number of anilines is 1. The van der Waals surface area contributed by atoms with Gasteiger partial charge in [0.15, 0.2) is 0 Å². The number of carboxylic acid groups (broad SMARTS) is 1. The molecule has 1 amide bonds. The van der Waals surface area contributed by atoms with Gasteiger partial charge in [-0.1, -0.05) is 6.07 Å². The molecule has 192 valence electrons. The van der Waals surface area contributed by atoms with Crippen molar-refractivity contribution in [3.63, 3.8) is 0 Å². The van der Waals surface area contributed by atoms with Crippen molar-refractivity contribution in [2.24, 2.45) is 0 Å². The number of carbonyl (C=O) groups is 1. The van der Waals surface area contributed by atoms with E-state index in [0.29, 0.717) is 19.0 Å². The van der Waals surface area contributed by atoms with Gasteiger partial charge in [0.1, 0.15) is 5.82 Å². The monoisotopic (exact) mass is 493 g/mol. The van der Waals surface area contributed by atoms with Crippen molar-refractivity contribution in [1.29, 1.82) is 0 Å². The number of nitrogens with zero attached hydrogens (tertiary/aromatic N) is 5. The lowest BCUT2D eigenvalue weighted by Gasteiger charge is -2.33. The second-order valence-corrected chi connectivity index (χ2v) is 9.96. The second-order valence-electron chi connectivity index (χ2n) is 9.96. The van der Waals surface area contributed by atoms with Gasteiger partial charge in [0.25, 0.3) is 5.56 Å². The molecule has 0 unspecified atom stereocenters. The van der Waals surface area contributed by atoms with Crippen molar-refractivity contribution in [2.45, 2.75) is 64.2 Å². The molecule has 0 aliphatic carbocycles. The van der Waals surface area contributed by atoms with E-state index >= 15 is 0 Å². The van der Waals surface area contributed by atoms with Crippen molar-refractivity contribution in [1.82, 2.24) is 19.0 Å². The molecule has 4 heterocycles. The Balaban J connectivity index is 1.49. The van der Waals surface area contributed by atoms with E-state index in [9.17, 15) is 14.7 Å². The molecule has 3 aromatic rings. The molecule has 2 aliphatic heterocycles. The number of amides is 1. The molecule has 2 aliphatic rings. The van der Waals surface area contributed by atoms with Gasteiger partial charge in [0.2, 0.25) is 0 Å². The molecular weight excluding hydrogens is 458 g/mol. The number of aromatic nitrogens is 3. The number of ether oxygens (including phenoxy) is 1. The zero-order valence-electron chi connectivity index (χ0n) is 21.1. The molecule has 9 nitrogen and oxygen atoms in total. The molecule has 1 N–H and O–H groups in total. The summed E-state index contributed by atoms with van der Waals surface area (Å²) in [7, 11) is 2.17. The van der Waals surface area contributed by atoms with Crippen LogP contribution < -0.4 is 10.5 Å². The van der Waals surface area contributed by atoms with Crippen LogP contribution in [0.5, 0.6) is 0 Å². The highest BCUT2D eigenvalue weighted by Crippen LogP contribution is 2.36. The highest BCUT2D eigenvalue weighted by atomic mass is 16.5. The Hall–Kier alpha value is -3.17. The Kier molecular flexibility index (Phi) is 7.11. The van der Waals surface area contributed by atoms with Gasteiger partial charge in [-0.05, 0) is 57.9 Å². The molecular formula is C27H35N5O4. The summed E-state index contributed by atoms with van der Waals surface area (Å²) in [4.78, 5) is 33.2. The number of benzene rings is 1. The van der Waals surface area contributed by atoms with E-state index in [2.05, 4.69) is 16.5 Å².